The summed E-state index contributed by atoms with van der Waals surface area (Å²) in [4.78, 5) is 4.18. The molecule has 1 aromatic heterocycles. The van der Waals surface area contributed by atoms with Gasteiger partial charge in [-0.25, -0.2) is 4.98 Å². The molecule has 0 aromatic carbocycles. The van der Waals surface area contributed by atoms with Crippen molar-refractivity contribution < 1.29 is 0 Å². The zero-order valence-electron chi connectivity index (χ0n) is 7.53. The fraction of sp³-hybridized carbons (Fsp3) is 0.444. The van der Waals surface area contributed by atoms with Gasteiger partial charge < -0.3 is 5.73 Å². The summed E-state index contributed by atoms with van der Waals surface area (Å²) in [5, 5.41) is 1.03. The van der Waals surface area contributed by atoms with Gasteiger partial charge in [0.2, 0.25) is 0 Å². The minimum atomic E-state index is 0.473. The molecular weight excluding hydrogens is 204 g/mol. The number of pyridine rings is 1. The molecular formula is C9H13ClN2S. The highest BCUT2D eigenvalue weighted by Crippen LogP contribution is 2.16. The van der Waals surface area contributed by atoms with E-state index in [1.165, 1.54) is 0 Å². The van der Waals surface area contributed by atoms with Crippen LogP contribution in [0.4, 0.5) is 0 Å². The third-order valence-electron chi connectivity index (χ3n) is 1.62. The lowest BCUT2D eigenvalue weighted by Gasteiger charge is -2.06. The summed E-state index contributed by atoms with van der Waals surface area (Å²) >= 11 is 7.54. The lowest BCUT2D eigenvalue weighted by molar-refractivity contribution is 0.949. The quantitative estimate of drug-likeness (QED) is 0.786. The molecule has 0 bridgehead atoms. The van der Waals surface area contributed by atoms with E-state index in [1.807, 2.05) is 12.1 Å². The van der Waals surface area contributed by atoms with Crippen LogP contribution in [0.1, 0.15) is 12.6 Å². The van der Waals surface area contributed by atoms with Crippen LogP contribution in [0, 0.1) is 0 Å². The van der Waals surface area contributed by atoms with Crippen LogP contribution < -0.4 is 5.73 Å². The number of halogens is 1. The van der Waals surface area contributed by atoms with Crippen LogP contribution in [-0.2, 0) is 5.75 Å². The van der Waals surface area contributed by atoms with Gasteiger partial charge in [0, 0.05) is 17.5 Å². The predicted molar refractivity (Wildman–Crippen MR) is 59.1 cm³/mol. The second-order valence-electron chi connectivity index (χ2n) is 2.81. The Bertz CT molecular complexity index is 268. The minimum absolute atomic E-state index is 0.473. The van der Waals surface area contributed by atoms with E-state index in [0.717, 1.165) is 11.4 Å². The molecule has 0 radical (unpaired) electrons. The largest absolute Gasteiger partial charge is 0.329 e. The number of rotatable bonds is 4. The zero-order chi connectivity index (χ0) is 9.68. The summed E-state index contributed by atoms with van der Waals surface area (Å²) in [7, 11) is 0. The van der Waals surface area contributed by atoms with E-state index >= 15 is 0 Å². The van der Waals surface area contributed by atoms with Crippen LogP contribution in [0.25, 0.3) is 0 Å². The van der Waals surface area contributed by atoms with Crippen molar-refractivity contribution in [1.29, 1.82) is 0 Å². The van der Waals surface area contributed by atoms with E-state index in [0.29, 0.717) is 16.9 Å². The second-order valence-corrected chi connectivity index (χ2v) is 4.62. The Morgan fingerprint density at radius 2 is 2.38 bits per heavy atom. The van der Waals surface area contributed by atoms with Crippen molar-refractivity contribution in [3.63, 3.8) is 0 Å². The Hall–Kier alpha value is -0.250. The Labute approximate surface area is 87.9 Å². The maximum Gasteiger partial charge on any atom is 0.129 e. The first-order valence-corrected chi connectivity index (χ1v) is 5.58. The third kappa shape index (κ3) is 3.98. The lowest BCUT2D eigenvalue weighted by atomic mass is 10.4. The van der Waals surface area contributed by atoms with E-state index < -0.39 is 0 Å². The van der Waals surface area contributed by atoms with E-state index in [4.69, 9.17) is 17.3 Å². The zero-order valence-corrected chi connectivity index (χ0v) is 9.11. The number of aromatic nitrogens is 1. The Kier molecular flexibility index (Phi) is 4.56. The van der Waals surface area contributed by atoms with Crippen molar-refractivity contribution in [3.05, 3.63) is 29.0 Å². The average Bonchev–Trinajstić information content (AvgIpc) is 2.14. The maximum absolute atomic E-state index is 5.75. The predicted octanol–water partition coefficient (Wildman–Crippen LogP) is 2.32. The first-order chi connectivity index (χ1) is 6.22. The number of hydrogen-bond acceptors (Lipinski definition) is 3. The van der Waals surface area contributed by atoms with Crippen LogP contribution in [0.15, 0.2) is 18.2 Å². The van der Waals surface area contributed by atoms with E-state index in [9.17, 15) is 0 Å². The van der Waals surface area contributed by atoms with Gasteiger partial charge in [0.05, 0.1) is 5.69 Å². The molecule has 1 heterocycles. The van der Waals surface area contributed by atoms with E-state index in [1.54, 1.807) is 17.8 Å². The van der Waals surface area contributed by atoms with Crippen LogP contribution in [0.3, 0.4) is 0 Å². The molecule has 1 unspecified atom stereocenters. The van der Waals surface area contributed by atoms with Crippen molar-refractivity contribution in [2.24, 2.45) is 5.73 Å². The second kappa shape index (κ2) is 5.47. The molecule has 1 aromatic rings. The summed E-state index contributed by atoms with van der Waals surface area (Å²) in [6.07, 6.45) is 0. The van der Waals surface area contributed by atoms with Crippen LogP contribution in [0.5, 0.6) is 0 Å². The summed E-state index contributed by atoms with van der Waals surface area (Å²) in [5.41, 5.74) is 6.51. The van der Waals surface area contributed by atoms with Gasteiger partial charge in [-0.15, -0.1) is 0 Å². The van der Waals surface area contributed by atoms with Crippen molar-refractivity contribution in [3.8, 4) is 0 Å². The summed E-state index contributed by atoms with van der Waals surface area (Å²) < 4.78 is 0. The van der Waals surface area contributed by atoms with Crippen LogP contribution in [-0.4, -0.2) is 16.8 Å². The fourth-order valence-corrected chi connectivity index (χ4v) is 1.76. The molecule has 0 aliphatic rings. The SMILES string of the molecule is CC(CN)SCc1cccc(Cl)n1. The molecule has 0 saturated carbocycles. The van der Waals surface area contributed by atoms with Gasteiger partial charge in [-0.1, -0.05) is 24.6 Å². The summed E-state index contributed by atoms with van der Waals surface area (Å²) in [6, 6.07) is 5.67. The molecule has 0 aliphatic heterocycles. The van der Waals surface area contributed by atoms with Gasteiger partial charge in [0.15, 0.2) is 0 Å². The van der Waals surface area contributed by atoms with Crippen molar-refractivity contribution in [2.75, 3.05) is 6.54 Å². The topological polar surface area (TPSA) is 38.9 Å². The van der Waals surface area contributed by atoms with Gasteiger partial charge in [0.25, 0.3) is 0 Å². The first kappa shape index (κ1) is 10.8. The van der Waals surface area contributed by atoms with Gasteiger partial charge >= 0.3 is 0 Å². The fourth-order valence-electron chi connectivity index (χ4n) is 0.826. The molecule has 4 heteroatoms. The standard InChI is InChI=1S/C9H13ClN2S/c1-7(5-11)13-6-8-3-2-4-9(10)12-8/h2-4,7H,5-6,11H2,1H3. The molecule has 0 aliphatic carbocycles. The van der Waals surface area contributed by atoms with Crippen molar-refractivity contribution in [2.45, 2.75) is 17.9 Å². The molecule has 0 fully saturated rings. The third-order valence-corrected chi connectivity index (χ3v) is 3.05. The smallest absolute Gasteiger partial charge is 0.129 e. The average molecular weight is 217 g/mol. The molecule has 0 spiro atoms. The van der Waals surface area contributed by atoms with Gasteiger partial charge in [-0.2, -0.15) is 11.8 Å². The molecule has 72 valence electrons. The number of nitrogens with two attached hydrogens (primary N) is 1. The normalized spacial score (nSPS) is 12.8. The molecule has 1 rings (SSSR count). The van der Waals surface area contributed by atoms with Gasteiger partial charge in [0.1, 0.15) is 5.15 Å². The highest BCUT2D eigenvalue weighted by Gasteiger charge is 2.01. The Balaban J connectivity index is 2.45. The highest BCUT2D eigenvalue weighted by atomic mass is 35.5. The number of hydrogen-bond donors (Lipinski definition) is 1. The molecule has 0 amide bonds. The molecule has 2 N–H and O–H groups in total. The highest BCUT2D eigenvalue weighted by molar-refractivity contribution is 7.99. The maximum atomic E-state index is 5.75. The monoisotopic (exact) mass is 216 g/mol. The van der Waals surface area contributed by atoms with E-state index in [2.05, 4.69) is 11.9 Å². The summed E-state index contributed by atoms with van der Waals surface area (Å²) in [5.74, 6) is 0.874. The Morgan fingerprint density at radius 3 is 3.00 bits per heavy atom. The van der Waals surface area contributed by atoms with Crippen molar-refractivity contribution in [1.82, 2.24) is 4.98 Å². The number of nitrogens with zero attached hydrogens (tertiary/aromatic N) is 1. The summed E-state index contributed by atoms with van der Waals surface area (Å²) in [6.45, 7) is 2.81. The molecule has 13 heavy (non-hydrogen) atoms. The Morgan fingerprint density at radius 1 is 1.62 bits per heavy atom. The molecule has 0 saturated heterocycles. The number of thioether (sulfide) groups is 1. The van der Waals surface area contributed by atoms with Gasteiger partial charge in [-0.05, 0) is 12.1 Å². The first-order valence-electron chi connectivity index (χ1n) is 4.15. The lowest BCUT2D eigenvalue weighted by Crippen LogP contribution is -2.12. The van der Waals surface area contributed by atoms with Gasteiger partial charge in [-0.3, -0.25) is 0 Å². The van der Waals surface area contributed by atoms with Crippen LogP contribution in [0.2, 0.25) is 5.15 Å². The minimum Gasteiger partial charge on any atom is -0.329 e. The van der Waals surface area contributed by atoms with Crippen LogP contribution >= 0.6 is 23.4 Å². The molecule has 2 nitrogen and oxygen atoms in total. The van der Waals surface area contributed by atoms with Crippen molar-refractivity contribution >= 4 is 23.4 Å². The van der Waals surface area contributed by atoms with E-state index in [-0.39, 0.29) is 0 Å². The molecule has 1 atom stereocenters.